The summed E-state index contributed by atoms with van der Waals surface area (Å²) in [5.41, 5.74) is 1.59. The minimum absolute atomic E-state index is 0.315. The van der Waals surface area contributed by atoms with Gasteiger partial charge in [0.2, 0.25) is 0 Å². The second kappa shape index (κ2) is 6.70. The first-order valence-electron chi connectivity index (χ1n) is 8.92. The SMILES string of the molecule is CCc1cc(COc2cc(F)cc(B3OC(C)(C)C(C)(C)O3)c2)n(C)n1. The van der Waals surface area contributed by atoms with Gasteiger partial charge in [-0.25, -0.2) is 4.39 Å². The van der Waals surface area contributed by atoms with E-state index in [1.807, 2.05) is 40.8 Å². The summed E-state index contributed by atoms with van der Waals surface area (Å²) in [6.45, 7) is 10.2. The van der Waals surface area contributed by atoms with Gasteiger partial charge in [-0.15, -0.1) is 0 Å². The van der Waals surface area contributed by atoms with Crippen molar-refractivity contribution in [2.45, 2.75) is 58.8 Å². The Morgan fingerprint density at radius 2 is 1.77 bits per heavy atom. The highest BCUT2D eigenvalue weighted by molar-refractivity contribution is 6.62. The highest BCUT2D eigenvalue weighted by atomic mass is 19.1. The number of nitrogens with zero attached hydrogens (tertiary/aromatic N) is 2. The molecule has 1 aromatic heterocycles. The van der Waals surface area contributed by atoms with Gasteiger partial charge in [0, 0.05) is 13.1 Å². The highest BCUT2D eigenvalue weighted by Gasteiger charge is 2.51. The third-order valence-electron chi connectivity index (χ3n) is 5.20. The number of aryl methyl sites for hydroxylation is 2. The Kier molecular flexibility index (Phi) is 4.88. The molecule has 1 fully saturated rings. The van der Waals surface area contributed by atoms with Crippen LogP contribution >= 0.6 is 0 Å². The van der Waals surface area contributed by atoms with Crippen molar-refractivity contribution in [3.8, 4) is 5.75 Å². The number of hydrogen-bond acceptors (Lipinski definition) is 4. The number of rotatable bonds is 5. The van der Waals surface area contributed by atoms with E-state index in [4.69, 9.17) is 14.0 Å². The molecule has 5 nitrogen and oxygen atoms in total. The quantitative estimate of drug-likeness (QED) is 0.769. The molecule has 1 aliphatic rings. The summed E-state index contributed by atoms with van der Waals surface area (Å²) in [4.78, 5) is 0. The third-order valence-corrected chi connectivity index (χ3v) is 5.20. The molecular weight excluding hydrogens is 334 g/mol. The van der Waals surface area contributed by atoms with Gasteiger partial charge in [0.1, 0.15) is 18.2 Å². The van der Waals surface area contributed by atoms with E-state index in [2.05, 4.69) is 12.0 Å². The molecule has 1 aliphatic heterocycles. The van der Waals surface area contributed by atoms with Gasteiger partial charge in [0.25, 0.3) is 0 Å². The Bertz CT molecular complexity index is 788. The predicted octanol–water partition coefficient (Wildman–Crippen LogP) is 3.00. The van der Waals surface area contributed by atoms with Crippen molar-refractivity contribution < 1.29 is 18.4 Å². The molecule has 0 atom stereocenters. The van der Waals surface area contributed by atoms with Crippen molar-refractivity contribution in [1.82, 2.24) is 9.78 Å². The minimum Gasteiger partial charge on any atom is -0.487 e. The number of benzene rings is 1. The molecule has 2 heterocycles. The number of halogens is 1. The van der Waals surface area contributed by atoms with Crippen LogP contribution in [-0.2, 0) is 29.4 Å². The standard InChI is InChI=1S/C19H26BFN2O3/c1-7-15-11-16(23(6)22-15)12-24-17-9-13(8-14(21)10-17)20-25-18(2,3)19(4,5)26-20/h8-11H,7,12H2,1-6H3. The fraction of sp³-hybridized carbons (Fsp3) is 0.526. The van der Waals surface area contributed by atoms with Crippen LogP contribution in [-0.4, -0.2) is 28.1 Å². The predicted molar refractivity (Wildman–Crippen MR) is 99.0 cm³/mol. The molecule has 1 saturated heterocycles. The Morgan fingerprint density at radius 3 is 2.35 bits per heavy atom. The maximum atomic E-state index is 14.1. The van der Waals surface area contributed by atoms with Gasteiger partial charge >= 0.3 is 7.12 Å². The van der Waals surface area contributed by atoms with Gasteiger partial charge in [-0.2, -0.15) is 5.10 Å². The van der Waals surface area contributed by atoms with Crippen LogP contribution in [0.4, 0.5) is 4.39 Å². The maximum Gasteiger partial charge on any atom is 0.495 e. The van der Waals surface area contributed by atoms with Gasteiger partial charge in [0.15, 0.2) is 0 Å². The fourth-order valence-corrected chi connectivity index (χ4v) is 2.82. The smallest absolute Gasteiger partial charge is 0.487 e. The largest absolute Gasteiger partial charge is 0.495 e. The fourth-order valence-electron chi connectivity index (χ4n) is 2.82. The topological polar surface area (TPSA) is 45.5 Å². The average molecular weight is 360 g/mol. The van der Waals surface area contributed by atoms with E-state index in [-0.39, 0.29) is 5.82 Å². The van der Waals surface area contributed by atoms with Crippen LogP contribution in [0.2, 0.25) is 0 Å². The zero-order valence-corrected chi connectivity index (χ0v) is 16.3. The second-order valence-electron chi connectivity index (χ2n) is 7.70. The van der Waals surface area contributed by atoms with Gasteiger partial charge in [0.05, 0.1) is 22.6 Å². The Morgan fingerprint density at radius 1 is 1.12 bits per heavy atom. The first-order chi connectivity index (χ1) is 12.1. The number of aromatic nitrogens is 2. The summed E-state index contributed by atoms with van der Waals surface area (Å²) >= 11 is 0. The molecule has 140 valence electrons. The van der Waals surface area contributed by atoms with Crippen molar-refractivity contribution in [2.75, 3.05) is 0 Å². The van der Waals surface area contributed by atoms with E-state index in [0.717, 1.165) is 17.8 Å². The molecule has 2 aromatic rings. The van der Waals surface area contributed by atoms with E-state index < -0.39 is 18.3 Å². The first kappa shape index (κ1) is 18.9. The normalized spacial score (nSPS) is 18.3. The van der Waals surface area contributed by atoms with Crippen molar-refractivity contribution >= 4 is 12.6 Å². The molecule has 0 N–H and O–H groups in total. The van der Waals surface area contributed by atoms with E-state index in [9.17, 15) is 4.39 Å². The third kappa shape index (κ3) is 3.64. The Labute approximate surface area is 154 Å². The second-order valence-corrected chi connectivity index (χ2v) is 7.70. The molecule has 26 heavy (non-hydrogen) atoms. The lowest BCUT2D eigenvalue weighted by Crippen LogP contribution is -2.41. The van der Waals surface area contributed by atoms with Gasteiger partial charge in [-0.3, -0.25) is 4.68 Å². The lowest BCUT2D eigenvalue weighted by Gasteiger charge is -2.32. The molecule has 0 radical (unpaired) electrons. The molecule has 1 aromatic carbocycles. The summed E-state index contributed by atoms with van der Waals surface area (Å²) in [7, 11) is 1.25. The van der Waals surface area contributed by atoms with Crippen molar-refractivity contribution in [3.05, 3.63) is 41.5 Å². The van der Waals surface area contributed by atoms with Gasteiger partial charge < -0.3 is 14.0 Å². The summed E-state index contributed by atoms with van der Waals surface area (Å²) < 4.78 is 33.7. The summed E-state index contributed by atoms with van der Waals surface area (Å²) in [6, 6.07) is 6.55. The van der Waals surface area contributed by atoms with Crippen LogP contribution in [0.25, 0.3) is 0 Å². The van der Waals surface area contributed by atoms with Crippen LogP contribution in [0.3, 0.4) is 0 Å². The number of hydrogen-bond donors (Lipinski definition) is 0. The lowest BCUT2D eigenvalue weighted by molar-refractivity contribution is 0.00578. The molecule has 3 rings (SSSR count). The molecule has 0 amide bonds. The molecule has 0 unspecified atom stereocenters. The molecule has 0 bridgehead atoms. The molecule has 0 spiro atoms. The van der Waals surface area contributed by atoms with E-state index >= 15 is 0 Å². The Hall–Kier alpha value is -1.86. The van der Waals surface area contributed by atoms with E-state index in [1.54, 1.807) is 10.7 Å². The van der Waals surface area contributed by atoms with Crippen molar-refractivity contribution in [3.63, 3.8) is 0 Å². The van der Waals surface area contributed by atoms with Crippen molar-refractivity contribution in [2.24, 2.45) is 7.05 Å². The van der Waals surface area contributed by atoms with Crippen LogP contribution in [0.15, 0.2) is 24.3 Å². The van der Waals surface area contributed by atoms with Crippen LogP contribution in [0, 0.1) is 5.82 Å². The molecular formula is C19H26BFN2O3. The summed E-state index contributed by atoms with van der Waals surface area (Å²) in [5.74, 6) is 0.0560. The van der Waals surface area contributed by atoms with Gasteiger partial charge in [-0.05, 0) is 57.8 Å². The van der Waals surface area contributed by atoms with Crippen LogP contribution in [0.1, 0.15) is 46.0 Å². The zero-order valence-electron chi connectivity index (χ0n) is 16.3. The molecule has 0 aliphatic carbocycles. The molecule has 0 saturated carbocycles. The Balaban J connectivity index is 1.77. The maximum absolute atomic E-state index is 14.1. The minimum atomic E-state index is -0.624. The summed E-state index contributed by atoms with van der Waals surface area (Å²) in [5, 5.41) is 4.39. The molecule has 7 heteroatoms. The van der Waals surface area contributed by atoms with E-state index in [0.29, 0.717) is 17.8 Å². The monoisotopic (exact) mass is 360 g/mol. The average Bonchev–Trinajstić information content (AvgIpc) is 3.01. The van der Waals surface area contributed by atoms with Crippen molar-refractivity contribution in [1.29, 1.82) is 0 Å². The zero-order chi connectivity index (χ0) is 19.1. The highest BCUT2D eigenvalue weighted by Crippen LogP contribution is 2.36. The first-order valence-corrected chi connectivity index (χ1v) is 8.92. The van der Waals surface area contributed by atoms with Gasteiger partial charge in [-0.1, -0.05) is 6.92 Å². The summed E-state index contributed by atoms with van der Waals surface area (Å²) in [6.07, 6.45) is 0.861. The van der Waals surface area contributed by atoms with Crippen LogP contribution in [0.5, 0.6) is 5.75 Å². The lowest BCUT2D eigenvalue weighted by atomic mass is 9.79. The number of ether oxygens (including phenoxy) is 1. The van der Waals surface area contributed by atoms with Crippen LogP contribution < -0.4 is 10.2 Å². The van der Waals surface area contributed by atoms with E-state index in [1.165, 1.54) is 12.1 Å².